The third kappa shape index (κ3) is 3.11. The molecule has 0 N–H and O–H groups in total. The van der Waals surface area contributed by atoms with Gasteiger partial charge in [0.2, 0.25) is 0 Å². The molecule has 0 aromatic rings. The number of rotatable bonds is 5. The zero-order valence-electron chi connectivity index (χ0n) is 8.06. The molecule has 0 spiro atoms. The smallest absolute Gasteiger partial charge is 0.163 e. The summed E-state index contributed by atoms with van der Waals surface area (Å²) in [4.78, 5) is 11.3. The van der Waals surface area contributed by atoms with E-state index in [0.717, 1.165) is 12.5 Å². The van der Waals surface area contributed by atoms with E-state index in [9.17, 15) is 4.79 Å². The summed E-state index contributed by atoms with van der Waals surface area (Å²) in [6, 6.07) is 0.995. The summed E-state index contributed by atoms with van der Waals surface area (Å²) in [6.45, 7) is 9.53. The van der Waals surface area contributed by atoms with Gasteiger partial charge in [-0.05, 0) is 12.1 Å². The lowest BCUT2D eigenvalue weighted by molar-refractivity contribution is -0.114. The van der Waals surface area contributed by atoms with Crippen molar-refractivity contribution >= 4 is 24.2 Å². The van der Waals surface area contributed by atoms with Crippen LogP contribution in [-0.4, -0.2) is 13.2 Å². The summed E-state index contributed by atoms with van der Waals surface area (Å²) >= 11 is 6.33. The first kappa shape index (κ1) is 11.9. The molecule has 0 aliphatic carbocycles. The van der Waals surface area contributed by atoms with Crippen LogP contribution in [0.25, 0.3) is 0 Å². The fourth-order valence-electron chi connectivity index (χ4n) is 1.18. The molecule has 0 aliphatic heterocycles. The van der Waals surface area contributed by atoms with Crippen LogP contribution >= 0.6 is 11.1 Å². The van der Waals surface area contributed by atoms with E-state index in [0.29, 0.717) is 0 Å². The summed E-state index contributed by atoms with van der Waals surface area (Å²) in [6.07, 6.45) is 2.44. The number of hydrogen-bond acceptors (Lipinski definition) is 1. The Kier molecular flexibility index (Phi) is 4.79. The number of carbonyl (C=O) groups excluding carboxylic acids is 1. The van der Waals surface area contributed by atoms with E-state index in [-0.39, 0.29) is 11.3 Å². The number of hydrogen-bond donors (Lipinski definition) is 0. The van der Waals surface area contributed by atoms with E-state index in [1.807, 2.05) is 13.5 Å². The zero-order chi connectivity index (χ0) is 9.78. The fraction of sp³-hybridized carbons (Fsp3) is 0.667. The first-order valence-corrected chi connectivity index (χ1v) is 8.10. The molecule has 2 unspecified atom stereocenters. The van der Waals surface area contributed by atoms with Gasteiger partial charge in [0.25, 0.3) is 0 Å². The van der Waals surface area contributed by atoms with Crippen molar-refractivity contribution in [2.24, 2.45) is 0 Å². The fourth-order valence-corrected chi connectivity index (χ4v) is 4.19. The van der Waals surface area contributed by atoms with Gasteiger partial charge in [0.15, 0.2) is 13.2 Å². The van der Waals surface area contributed by atoms with Crippen molar-refractivity contribution in [2.75, 3.05) is 0 Å². The SMILES string of the molecule is C=CC(=O)C(C)[Si](C)(Cl)CCC. The third-order valence-electron chi connectivity index (χ3n) is 2.27. The van der Waals surface area contributed by atoms with E-state index in [1.54, 1.807) is 0 Å². The predicted molar refractivity (Wildman–Crippen MR) is 57.2 cm³/mol. The first-order valence-electron chi connectivity index (χ1n) is 4.31. The number of allylic oxidation sites excluding steroid dienone is 1. The molecule has 0 saturated heterocycles. The maximum Gasteiger partial charge on any atom is 0.163 e. The highest BCUT2D eigenvalue weighted by Crippen LogP contribution is 2.31. The molecular weight excluding hydrogens is 188 g/mol. The molecular formula is C9H17ClOSi. The molecule has 0 amide bonds. The van der Waals surface area contributed by atoms with Crippen LogP contribution in [0, 0.1) is 0 Å². The molecule has 0 aromatic carbocycles. The minimum Gasteiger partial charge on any atom is -0.295 e. The second-order valence-electron chi connectivity index (χ2n) is 3.36. The Morgan fingerprint density at radius 1 is 1.75 bits per heavy atom. The van der Waals surface area contributed by atoms with Crippen LogP contribution < -0.4 is 0 Å². The summed E-state index contributed by atoms with van der Waals surface area (Å²) in [5.41, 5.74) is -0.00313. The molecule has 0 aromatic heterocycles. The highest BCUT2D eigenvalue weighted by molar-refractivity contribution is 7.21. The molecule has 2 atom stereocenters. The second-order valence-corrected chi connectivity index (χ2v) is 9.87. The number of ketones is 1. The number of halogens is 1. The van der Waals surface area contributed by atoms with Crippen molar-refractivity contribution in [1.29, 1.82) is 0 Å². The Hall–Kier alpha value is -0.0831. The zero-order valence-corrected chi connectivity index (χ0v) is 9.82. The standard InChI is InChI=1S/C9H17ClOSi/c1-5-7-12(4,10)8(3)9(11)6-2/h6,8H,2,5,7H2,1,3-4H3. The molecule has 0 heterocycles. The van der Waals surface area contributed by atoms with Crippen LogP contribution in [0.2, 0.25) is 18.1 Å². The highest BCUT2D eigenvalue weighted by atomic mass is 35.6. The van der Waals surface area contributed by atoms with Crippen molar-refractivity contribution in [2.45, 2.75) is 38.4 Å². The van der Waals surface area contributed by atoms with Crippen LogP contribution in [-0.2, 0) is 4.79 Å². The summed E-state index contributed by atoms with van der Waals surface area (Å²) < 4.78 is 0. The van der Waals surface area contributed by atoms with Crippen LogP contribution in [0.15, 0.2) is 12.7 Å². The van der Waals surface area contributed by atoms with Gasteiger partial charge in [0, 0.05) is 5.54 Å². The maximum absolute atomic E-state index is 11.3. The van der Waals surface area contributed by atoms with Gasteiger partial charge in [-0.3, -0.25) is 4.79 Å². The molecule has 12 heavy (non-hydrogen) atoms. The maximum atomic E-state index is 11.3. The monoisotopic (exact) mass is 204 g/mol. The highest BCUT2D eigenvalue weighted by Gasteiger charge is 2.34. The van der Waals surface area contributed by atoms with Gasteiger partial charge >= 0.3 is 0 Å². The van der Waals surface area contributed by atoms with Gasteiger partial charge in [-0.25, -0.2) is 0 Å². The van der Waals surface area contributed by atoms with Gasteiger partial charge in [-0.1, -0.05) is 33.4 Å². The van der Waals surface area contributed by atoms with E-state index in [2.05, 4.69) is 13.5 Å². The van der Waals surface area contributed by atoms with Gasteiger partial charge in [0.05, 0.1) is 0 Å². The summed E-state index contributed by atoms with van der Waals surface area (Å²) in [5.74, 6) is 0.0904. The average molecular weight is 205 g/mol. The largest absolute Gasteiger partial charge is 0.295 e. The number of carbonyl (C=O) groups is 1. The second kappa shape index (κ2) is 4.82. The normalized spacial score (nSPS) is 18.0. The average Bonchev–Trinajstić information content (AvgIpc) is 2.01. The van der Waals surface area contributed by atoms with Gasteiger partial charge in [-0.15, -0.1) is 0 Å². The summed E-state index contributed by atoms with van der Waals surface area (Å²) in [7, 11) is -1.84. The Bertz CT molecular complexity index is 177. The molecule has 70 valence electrons. The van der Waals surface area contributed by atoms with E-state index >= 15 is 0 Å². The van der Waals surface area contributed by atoms with Crippen molar-refractivity contribution in [1.82, 2.24) is 0 Å². The van der Waals surface area contributed by atoms with Crippen LogP contribution in [0.4, 0.5) is 0 Å². The quantitative estimate of drug-likeness (QED) is 0.381. The molecule has 0 bridgehead atoms. The van der Waals surface area contributed by atoms with E-state index < -0.39 is 7.38 Å². The predicted octanol–water partition coefficient (Wildman–Crippen LogP) is 3.36. The van der Waals surface area contributed by atoms with Crippen molar-refractivity contribution in [3.05, 3.63) is 12.7 Å². The molecule has 0 aliphatic rings. The van der Waals surface area contributed by atoms with Crippen LogP contribution in [0.5, 0.6) is 0 Å². The molecule has 3 heteroatoms. The lowest BCUT2D eigenvalue weighted by Crippen LogP contribution is -2.31. The minimum absolute atomic E-state index is 0.00313. The Balaban J connectivity index is 4.32. The lowest BCUT2D eigenvalue weighted by Gasteiger charge is -2.24. The molecule has 1 nitrogen and oxygen atoms in total. The molecule has 0 rings (SSSR count). The van der Waals surface area contributed by atoms with Crippen LogP contribution in [0.1, 0.15) is 20.3 Å². The van der Waals surface area contributed by atoms with Crippen LogP contribution in [0.3, 0.4) is 0 Å². The topological polar surface area (TPSA) is 17.1 Å². The van der Waals surface area contributed by atoms with Crippen molar-refractivity contribution in [3.8, 4) is 0 Å². The van der Waals surface area contributed by atoms with Gasteiger partial charge in [-0.2, -0.15) is 11.1 Å². The molecule has 0 radical (unpaired) electrons. The third-order valence-corrected chi connectivity index (χ3v) is 7.39. The molecule has 0 saturated carbocycles. The Labute approximate surface area is 80.5 Å². The van der Waals surface area contributed by atoms with E-state index in [4.69, 9.17) is 11.1 Å². The Morgan fingerprint density at radius 2 is 2.25 bits per heavy atom. The van der Waals surface area contributed by atoms with Gasteiger partial charge < -0.3 is 0 Å². The van der Waals surface area contributed by atoms with E-state index in [1.165, 1.54) is 6.08 Å². The van der Waals surface area contributed by atoms with Crippen molar-refractivity contribution < 1.29 is 4.79 Å². The first-order chi connectivity index (χ1) is 5.45. The summed E-state index contributed by atoms with van der Waals surface area (Å²) in [5, 5.41) is 0. The Morgan fingerprint density at radius 3 is 2.58 bits per heavy atom. The molecule has 0 fully saturated rings. The van der Waals surface area contributed by atoms with Crippen molar-refractivity contribution in [3.63, 3.8) is 0 Å². The minimum atomic E-state index is -1.84. The van der Waals surface area contributed by atoms with Gasteiger partial charge in [0.1, 0.15) is 0 Å². The lowest BCUT2D eigenvalue weighted by atomic mass is 10.3.